The number of rotatable bonds is 38. The Hall–Kier alpha value is -1.59. The number of esters is 3. The lowest BCUT2D eigenvalue weighted by molar-refractivity contribution is -0.167. The Morgan fingerprint density at radius 1 is 0.420 bits per heavy atom. The van der Waals surface area contributed by atoms with Gasteiger partial charge >= 0.3 is 17.9 Å². The van der Waals surface area contributed by atoms with Crippen molar-refractivity contribution in [2.75, 3.05) is 13.2 Å². The van der Waals surface area contributed by atoms with Crippen LogP contribution in [0.5, 0.6) is 0 Å². The predicted molar refractivity (Wildman–Crippen MR) is 210 cm³/mol. The highest BCUT2D eigenvalue weighted by atomic mass is 16.6. The number of ether oxygens (including phenoxy) is 3. The van der Waals surface area contributed by atoms with Crippen LogP contribution in [0.3, 0.4) is 0 Å². The fourth-order valence-corrected chi connectivity index (χ4v) is 6.37. The van der Waals surface area contributed by atoms with E-state index in [4.69, 9.17) is 14.2 Å². The first-order valence-electron chi connectivity index (χ1n) is 21.8. The lowest BCUT2D eigenvalue weighted by Crippen LogP contribution is -2.30. The van der Waals surface area contributed by atoms with Gasteiger partial charge in [0.2, 0.25) is 0 Å². The van der Waals surface area contributed by atoms with Crippen LogP contribution in [0.4, 0.5) is 0 Å². The molecule has 0 spiro atoms. The monoisotopic (exact) mass is 709 g/mol. The summed E-state index contributed by atoms with van der Waals surface area (Å²) in [5, 5.41) is 0. The van der Waals surface area contributed by atoms with Crippen molar-refractivity contribution in [3.8, 4) is 0 Å². The average molecular weight is 709 g/mol. The standard InChI is InChI=1S/C44H84O6/c1-6-8-9-10-11-14-19-26-31-36-44(47)50-41(38-49-43(46)35-30-25-21-20-23-28-33-40(5)7-2)37-48-42(45)34-29-24-18-16-13-12-15-17-22-27-32-39(3)4/h39-41H,6-38H2,1-5H3/t40?,41-/m1/s1. The maximum absolute atomic E-state index is 12.6. The number of hydrogen-bond donors (Lipinski definition) is 0. The smallest absolute Gasteiger partial charge is 0.306 e. The van der Waals surface area contributed by atoms with Gasteiger partial charge in [-0.3, -0.25) is 14.4 Å². The van der Waals surface area contributed by atoms with Gasteiger partial charge in [0.15, 0.2) is 6.10 Å². The zero-order chi connectivity index (χ0) is 36.9. The lowest BCUT2D eigenvalue weighted by atomic mass is 10.00. The van der Waals surface area contributed by atoms with Crippen LogP contribution in [0.2, 0.25) is 0 Å². The van der Waals surface area contributed by atoms with Gasteiger partial charge in [0, 0.05) is 19.3 Å². The summed E-state index contributed by atoms with van der Waals surface area (Å²) in [5.74, 6) is 0.767. The van der Waals surface area contributed by atoms with E-state index in [0.29, 0.717) is 19.3 Å². The van der Waals surface area contributed by atoms with E-state index < -0.39 is 6.10 Å². The van der Waals surface area contributed by atoms with Crippen LogP contribution in [0.25, 0.3) is 0 Å². The van der Waals surface area contributed by atoms with Crippen LogP contribution >= 0.6 is 0 Å². The average Bonchev–Trinajstić information content (AvgIpc) is 3.09. The van der Waals surface area contributed by atoms with E-state index in [9.17, 15) is 14.4 Å². The van der Waals surface area contributed by atoms with Crippen molar-refractivity contribution in [2.24, 2.45) is 11.8 Å². The summed E-state index contributed by atoms with van der Waals surface area (Å²) in [6.07, 6.45) is 33.8. The van der Waals surface area contributed by atoms with E-state index in [0.717, 1.165) is 69.6 Å². The van der Waals surface area contributed by atoms with Crippen molar-refractivity contribution in [3.05, 3.63) is 0 Å². The molecular weight excluding hydrogens is 624 g/mol. The van der Waals surface area contributed by atoms with Gasteiger partial charge in [0.05, 0.1) is 0 Å². The second-order valence-electron chi connectivity index (χ2n) is 15.7. The van der Waals surface area contributed by atoms with Crippen LogP contribution in [-0.4, -0.2) is 37.2 Å². The fourth-order valence-electron chi connectivity index (χ4n) is 6.37. The molecule has 296 valence electrons. The van der Waals surface area contributed by atoms with Crippen LogP contribution in [0, 0.1) is 11.8 Å². The van der Waals surface area contributed by atoms with Gasteiger partial charge in [-0.05, 0) is 31.1 Å². The van der Waals surface area contributed by atoms with Crippen molar-refractivity contribution < 1.29 is 28.6 Å². The van der Waals surface area contributed by atoms with Crippen molar-refractivity contribution in [3.63, 3.8) is 0 Å². The van der Waals surface area contributed by atoms with E-state index in [2.05, 4.69) is 34.6 Å². The minimum Gasteiger partial charge on any atom is -0.462 e. The number of carbonyl (C=O) groups excluding carboxylic acids is 3. The highest BCUT2D eigenvalue weighted by Crippen LogP contribution is 2.16. The van der Waals surface area contributed by atoms with Gasteiger partial charge in [-0.25, -0.2) is 0 Å². The largest absolute Gasteiger partial charge is 0.462 e. The molecule has 0 heterocycles. The number of unbranched alkanes of at least 4 members (excludes halogenated alkanes) is 22. The summed E-state index contributed by atoms with van der Waals surface area (Å²) in [4.78, 5) is 37.6. The Labute approximate surface area is 310 Å². The third kappa shape index (κ3) is 36.2. The van der Waals surface area contributed by atoms with Crippen molar-refractivity contribution in [2.45, 2.75) is 240 Å². The SMILES string of the molecule is CCCCCCCCCCCC(=O)O[C@H](COC(=O)CCCCCCCCCCCCC(C)C)COC(=O)CCCCCCCCC(C)CC. The molecule has 0 aliphatic carbocycles. The molecule has 0 aliphatic rings. The van der Waals surface area contributed by atoms with Crippen LogP contribution < -0.4 is 0 Å². The molecule has 0 fully saturated rings. The maximum atomic E-state index is 12.6. The molecule has 0 bridgehead atoms. The van der Waals surface area contributed by atoms with Gasteiger partial charge in [-0.2, -0.15) is 0 Å². The molecule has 0 radical (unpaired) electrons. The Kier molecular flexibility index (Phi) is 36.0. The minimum absolute atomic E-state index is 0.0660. The van der Waals surface area contributed by atoms with E-state index in [1.165, 1.54) is 122 Å². The van der Waals surface area contributed by atoms with E-state index >= 15 is 0 Å². The van der Waals surface area contributed by atoms with Crippen LogP contribution in [0.1, 0.15) is 234 Å². The normalized spacial score (nSPS) is 12.6. The molecule has 0 aromatic heterocycles. The molecule has 2 atom stereocenters. The lowest BCUT2D eigenvalue weighted by Gasteiger charge is -2.18. The summed E-state index contributed by atoms with van der Waals surface area (Å²) in [5.41, 5.74) is 0. The topological polar surface area (TPSA) is 78.9 Å². The van der Waals surface area contributed by atoms with Crippen LogP contribution in [0.15, 0.2) is 0 Å². The Morgan fingerprint density at radius 2 is 0.760 bits per heavy atom. The highest BCUT2D eigenvalue weighted by molar-refractivity contribution is 5.71. The van der Waals surface area contributed by atoms with Crippen LogP contribution in [-0.2, 0) is 28.6 Å². The van der Waals surface area contributed by atoms with Gasteiger partial charge in [0.1, 0.15) is 13.2 Å². The number of hydrogen-bond acceptors (Lipinski definition) is 6. The number of carbonyl (C=O) groups is 3. The molecule has 6 heteroatoms. The summed E-state index contributed by atoms with van der Waals surface area (Å²) in [6, 6.07) is 0. The molecule has 0 aromatic rings. The third-order valence-electron chi connectivity index (χ3n) is 10.1. The summed E-state index contributed by atoms with van der Waals surface area (Å²) in [7, 11) is 0. The van der Waals surface area contributed by atoms with E-state index in [1.807, 2.05) is 0 Å². The molecule has 0 rings (SSSR count). The molecule has 0 saturated carbocycles. The zero-order valence-corrected chi connectivity index (χ0v) is 34.0. The van der Waals surface area contributed by atoms with E-state index in [1.54, 1.807) is 0 Å². The third-order valence-corrected chi connectivity index (χ3v) is 10.1. The van der Waals surface area contributed by atoms with Crippen molar-refractivity contribution in [1.29, 1.82) is 0 Å². The highest BCUT2D eigenvalue weighted by Gasteiger charge is 2.19. The second-order valence-corrected chi connectivity index (χ2v) is 15.7. The molecule has 0 amide bonds. The molecule has 1 unspecified atom stereocenters. The molecular formula is C44H84O6. The van der Waals surface area contributed by atoms with E-state index in [-0.39, 0.29) is 31.1 Å². The first-order valence-corrected chi connectivity index (χ1v) is 21.8. The molecule has 0 aromatic carbocycles. The first-order chi connectivity index (χ1) is 24.3. The van der Waals surface area contributed by atoms with Crippen molar-refractivity contribution >= 4 is 17.9 Å². The molecule has 50 heavy (non-hydrogen) atoms. The Morgan fingerprint density at radius 3 is 1.14 bits per heavy atom. The predicted octanol–water partition coefficient (Wildman–Crippen LogP) is 13.4. The second kappa shape index (κ2) is 37.2. The van der Waals surface area contributed by atoms with Gasteiger partial charge in [-0.15, -0.1) is 0 Å². The molecule has 6 nitrogen and oxygen atoms in total. The maximum Gasteiger partial charge on any atom is 0.306 e. The van der Waals surface area contributed by atoms with Gasteiger partial charge in [0.25, 0.3) is 0 Å². The zero-order valence-electron chi connectivity index (χ0n) is 34.0. The molecule has 0 saturated heterocycles. The Bertz CT molecular complexity index is 766. The summed E-state index contributed by atoms with van der Waals surface area (Å²) in [6.45, 7) is 11.3. The Balaban J connectivity index is 4.33. The summed E-state index contributed by atoms with van der Waals surface area (Å²) >= 11 is 0. The fraction of sp³-hybridized carbons (Fsp3) is 0.932. The molecule has 0 aliphatic heterocycles. The quantitative estimate of drug-likeness (QED) is 0.0361. The van der Waals surface area contributed by atoms with Gasteiger partial charge in [-0.1, -0.05) is 195 Å². The van der Waals surface area contributed by atoms with Gasteiger partial charge < -0.3 is 14.2 Å². The summed E-state index contributed by atoms with van der Waals surface area (Å²) < 4.78 is 16.7. The van der Waals surface area contributed by atoms with Crippen molar-refractivity contribution in [1.82, 2.24) is 0 Å². The first kappa shape index (κ1) is 48.4. The molecule has 0 N–H and O–H groups in total. The minimum atomic E-state index is -0.759.